The molecule has 0 radical (unpaired) electrons. The van der Waals surface area contributed by atoms with E-state index in [1.54, 1.807) is 12.1 Å². The summed E-state index contributed by atoms with van der Waals surface area (Å²) in [5, 5.41) is 4.11. The normalized spacial score (nSPS) is 16.8. The largest absolute Gasteiger partial charge is 0.390 e. The lowest BCUT2D eigenvalue weighted by Gasteiger charge is -2.36. The van der Waals surface area contributed by atoms with Crippen LogP contribution in [0.4, 0.5) is 13.2 Å². The number of alkyl halides is 3. The SMILES string of the molecule is Cl.Cl.FC(F)(F)C[C@@H](c1cc2ccccc2nc1Cl)N1CCNCC1. The fourth-order valence-electron chi connectivity index (χ4n) is 2.99. The van der Waals surface area contributed by atoms with Crippen LogP contribution in [0.25, 0.3) is 10.9 Å². The first-order chi connectivity index (χ1) is 10.9. The van der Waals surface area contributed by atoms with E-state index in [-0.39, 0.29) is 30.0 Å². The van der Waals surface area contributed by atoms with Gasteiger partial charge in [-0.1, -0.05) is 29.8 Å². The summed E-state index contributed by atoms with van der Waals surface area (Å²) < 4.78 is 39.3. The Balaban J connectivity index is 0.00000156. The molecule has 0 aliphatic carbocycles. The molecule has 0 bridgehead atoms. The summed E-state index contributed by atoms with van der Waals surface area (Å²) in [4.78, 5) is 6.11. The van der Waals surface area contributed by atoms with Crippen LogP contribution in [-0.2, 0) is 0 Å². The van der Waals surface area contributed by atoms with Gasteiger partial charge in [0, 0.05) is 43.2 Å². The molecule has 2 aromatic rings. The third kappa shape index (κ3) is 5.59. The van der Waals surface area contributed by atoms with Crippen molar-refractivity contribution in [1.29, 1.82) is 0 Å². The van der Waals surface area contributed by atoms with E-state index in [1.807, 2.05) is 23.1 Å². The summed E-state index contributed by atoms with van der Waals surface area (Å²) in [6, 6.07) is 8.24. The Morgan fingerprint density at radius 3 is 2.44 bits per heavy atom. The minimum Gasteiger partial charge on any atom is -0.314 e. The third-order valence-electron chi connectivity index (χ3n) is 4.08. The summed E-state index contributed by atoms with van der Waals surface area (Å²) in [7, 11) is 0. The first-order valence-electron chi connectivity index (χ1n) is 7.51. The van der Waals surface area contributed by atoms with Crippen LogP contribution in [0.1, 0.15) is 18.0 Å². The molecule has 1 aromatic carbocycles. The summed E-state index contributed by atoms with van der Waals surface area (Å²) in [5.74, 6) is 0. The second-order valence-corrected chi connectivity index (χ2v) is 6.04. The number of nitrogens with one attached hydrogen (secondary N) is 1. The number of fused-ring (bicyclic) bond motifs is 1. The lowest BCUT2D eigenvalue weighted by molar-refractivity contribution is -0.148. The molecule has 1 atom stereocenters. The number of halogens is 6. The first kappa shape index (κ1) is 22.3. The van der Waals surface area contributed by atoms with Crippen LogP contribution in [0.3, 0.4) is 0 Å². The van der Waals surface area contributed by atoms with Gasteiger partial charge in [0.1, 0.15) is 5.15 Å². The molecule has 1 aliphatic rings. The highest BCUT2D eigenvalue weighted by atomic mass is 35.5. The Labute approximate surface area is 161 Å². The minimum atomic E-state index is -4.26. The number of para-hydroxylation sites is 1. The Kier molecular flexibility index (Phi) is 8.22. The molecule has 2 heterocycles. The number of hydrogen-bond donors (Lipinski definition) is 1. The van der Waals surface area contributed by atoms with Gasteiger partial charge in [0.15, 0.2) is 0 Å². The highest BCUT2D eigenvalue weighted by Crippen LogP contribution is 2.37. The maximum Gasteiger partial charge on any atom is 0.390 e. The summed E-state index contributed by atoms with van der Waals surface area (Å²) in [6.07, 6.45) is -5.18. The van der Waals surface area contributed by atoms with E-state index in [2.05, 4.69) is 10.3 Å². The van der Waals surface area contributed by atoms with Gasteiger partial charge in [0.2, 0.25) is 0 Å². The van der Waals surface area contributed by atoms with Crippen LogP contribution >= 0.6 is 36.4 Å². The van der Waals surface area contributed by atoms with Gasteiger partial charge >= 0.3 is 6.18 Å². The van der Waals surface area contributed by atoms with E-state index >= 15 is 0 Å². The topological polar surface area (TPSA) is 28.2 Å². The molecule has 3 rings (SSSR count). The molecular weight excluding hydrogens is 398 g/mol. The fraction of sp³-hybridized carbons (Fsp3) is 0.438. The predicted molar refractivity (Wildman–Crippen MR) is 99.1 cm³/mol. The third-order valence-corrected chi connectivity index (χ3v) is 4.38. The summed E-state index contributed by atoms with van der Waals surface area (Å²) in [5.41, 5.74) is 1.14. The number of aromatic nitrogens is 1. The average molecular weight is 417 g/mol. The first-order valence-corrected chi connectivity index (χ1v) is 7.88. The number of rotatable bonds is 3. The number of nitrogens with zero attached hydrogens (tertiary/aromatic N) is 2. The van der Waals surface area contributed by atoms with Crippen molar-refractivity contribution in [2.24, 2.45) is 0 Å². The maximum atomic E-state index is 13.1. The van der Waals surface area contributed by atoms with Gasteiger partial charge < -0.3 is 5.32 Å². The summed E-state index contributed by atoms with van der Waals surface area (Å²) >= 11 is 6.23. The molecule has 0 spiro atoms. The molecule has 1 saturated heterocycles. The van der Waals surface area contributed by atoms with Gasteiger partial charge in [0.25, 0.3) is 0 Å². The van der Waals surface area contributed by atoms with Crippen LogP contribution in [0.5, 0.6) is 0 Å². The van der Waals surface area contributed by atoms with Gasteiger partial charge in [-0.05, 0) is 12.1 Å². The zero-order chi connectivity index (χ0) is 16.4. The van der Waals surface area contributed by atoms with Gasteiger partial charge in [-0.3, -0.25) is 4.90 Å². The van der Waals surface area contributed by atoms with Crippen molar-refractivity contribution >= 4 is 47.3 Å². The second-order valence-electron chi connectivity index (χ2n) is 5.68. The van der Waals surface area contributed by atoms with Crippen molar-refractivity contribution in [3.8, 4) is 0 Å². The fourth-order valence-corrected chi connectivity index (χ4v) is 3.26. The lowest BCUT2D eigenvalue weighted by Crippen LogP contribution is -2.46. The van der Waals surface area contributed by atoms with Crippen molar-refractivity contribution in [2.75, 3.05) is 26.2 Å². The van der Waals surface area contributed by atoms with Crippen LogP contribution in [-0.4, -0.2) is 42.2 Å². The van der Waals surface area contributed by atoms with Gasteiger partial charge in [-0.2, -0.15) is 13.2 Å². The molecule has 140 valence electrons. The zero-order valence-electron chi connectivity index (χ0n) is 13.2. The summed E-state index contributed by atoms with van der Waals surface area (Å²) in [6.45, 7) is 2.47. The van der Waals surface area contributed by atoms with Crippen LogP contribution in [0.15, 0.2) is 30.3 Å². The average Bonchev–Trinajstić information content (AvgIpc) is 2.52. The van der Waals surface area contributed by atoms with E-state index in [9.17, 15) is 13.2 Å². The number of pyridine rings is 1. The number of hydrogen-bond acceptors (Lipinski definition) is 3. The van der Waals surface area contributed by atoms with Gasteiger partial charge in [-0.15, -0.1) is 24.8 Å². The molecule has 3 nitrogen and oxygen atoms in total. The van der Waals surface area contributed by atoms with Crippen LogP contribution in [0.2, 0.25) is 5.15 Å². The van der Waals surface area contributed by atoms with Crippen LogP contribution in [0, 0.1) is 0 Å². The van der Waals surface area contributed by atoms with E-state index in [0.29, 0.717) is 37.3 Å². The molecule has 1 aliphatic heterocycles. The number of benzene rings is 1. The number of piperazine rings is 1. The predicted octanol–water partition coefficient (Wildman–Crippen LogP) is 4.63. The Morgan fingerprint density at radius 1 is 1.16 bits per heavy atom. The maximum absolute atomic E-state index is 13.1. The molecular formula is C16H19Cl3F3N3. The smallest absolute Gasteiger partial charge is 0.314 e. The Bertz CT molecular complexity index is 691. The van der Waals surface area contributed by atoms with E-state index in [1.165, 1.54) is 0 Å². The zero-order valence-corrected chi connectivity index (χ0v) is 15.6. The molecule has 1 fully saturated rings. The second kappa shape index (κ2) is 9.24. The van der Waals surface area contributed by atoms with Crippen LogP contribution < -0.4 is 5.32 Å². The Morgan fingerprint density at radius 2 is 1.80 bits per heavy atom. The molecule has 0 saturated carbocycles. The monoisotopic (exact) mass is 415 g/mol. The van der Waals surface area contributed by atoms with Gasteiger partial charge in [-0.25, -0.2) is 4.98 Å². The van der Waals surface area contributed by atoms with Gasteiger partial charge in [0.05, 0.1) is 11.9 Å². The standard InChI is InChI=1S/C16H17ClF3N3.2ClH/c17-15-12(9-11-3-1-2-4-13(11)22-15)14(10-16(18,19)20)23-7-5-21-6-8-23;;/h1-4,9,14,21H,5-8,10H2;2*1H/t14-;;/m0../s1. The molecule has 1 aromatic heterocycles. The molecule has 1 N–H and O–H groups in total. The van der Waals surface area contributed by atoms with E-state index in [4.69, 9.17) is 11.6 Å². The highest BCUT2D eigenvalue weighted by molar-refractivity contribution is 6.30. The quantitative estimate of drug-likeness (QED) is 0.740. The van der Waals surface area contributed by atoms with E-state index in [0.717, 1.165) is 5.39 Å². The highest BCUT2D eigenvalue weighted by Gasteiger charge is 2.37. The van der Waals surface area contributed by atoms with E-state index < -0.39 is 18.6 Å². The molecule has 9 heteroatoms. The van der Waals surface area contributed by atoms with Crippen molar-refractivity contribution in [2.45, 2.75) is 18.6 Å². The molecule has 0 unspecified atom stereocenters. The minimum absolute atomic E-state index is 0. The van der Waals surface area contributed by atoms with Crippen molar-refractivity contribution in [3.63, 3.8) is 0 Å². The van der Waals surface area contributed by atoms with Crippen molar-refractivity contribution in [3.05, 3.63) is 41.0 Å². The Hall–Kier alpha value is -0.790. The van der Waals surface area contributed by atoms with Crippen molar-refractivity contribution in [1.82, 2.24) is 15.2 Å². The van der Waals surface area contributed by atoms with Crippen molar-refractivity contribution < 1.29 is 13.2 Å². The lowest BCUT2D eigenvalue weighted by atomic mass is 10.0. The molecule has 25 heavy (non-hydrogen) atoms. The molecule has 0 amide bonds.